The van der Waals surface area contributed by atoms with Crippen LogP contribution in [-0.2, 0) is 14.7 Å². The Morgan fingerprint density at radius 2 is 1.58 bits per heavy atom. The van der Waals surface area contributed by atoms with E-state index in [1.54, 1.807) is 13.0 Å². The van der Waals surface area contributed by atoms with E-state index in [2.05, 4.69) is 4.98 Å². The zero-order chi connectivity index (χ0) is 18.1. The van der Waals surface area contributed by atoms with Gasteiger partial charge in [-0.2, -0.15) is 0 Å². The molecule has 1 saturated heterocycles. The van der Waals surface area contributed by atoms with Gasteiger partial charge in [-0.1, -0.05) is 18.5 Å². The van der Waals surface area contributed by atoms with Crippen LogP contribution in [0.25, 0.3) is 0 Å². The molecule has 2 fully saturated rings. The summed E-state index contributed by atoms with van der Waals surface area (Å²) < 4.78 is 38.8. The first-order valence-corrected chi connectivity index (χ1v) is 8.55. The lowest BCUT2D eigenvalue weighted by Gasteiger charge is -2.44. The highest BCUT2D eigenvalue weighted by atomic mass is 35.5. The number of nitrogens with zero attached hydrogens (tertiary/aromatic N) is 1. The maximum atomic E-state index is 13.3. The van der Waals surface area contributed by atoms with E-state index in [-0.39, 0.29) is 12.8 Å². The molecule has 7 heteroatoms. The summed E-state index contributed by atoms with van der Waals surface area (Å²) in [5, 5.41) is 0.392. The zero-order valence-electron chi connectivity index (χ0n) is 15.0. The van der Waals surface area contributed by atoms with Crippen LogP contribution >= 0.6 is 11.6 Å². The van der Waals surface area contributed by atoms with E-state index in [1.807, 2.05) is 34.6 Å². The Morgan fingerprint density at radius 1 is 1.08 bits per heavy atom. The number of halogens is 3. The molecule has 0 atom stereocenters. The molecular formula is C17H23BClF2NO2. The number of alkyl halides is 2. The lowest BCUT2D eigenvalue weighted by molar-refractivity contribution is -0.122. The van der Waals surface area contributed by atoms with Crippen molar-refractivity contribution in [2.45, 2.75) is 76.9 Å². The van der Waals surface area contributed by atoms with Crippen molar-refractivity contribution in [2.75, 3.05) is 0 Å². The molecule has 0 bridgehead atoms. The molecule has 132 valence electrons. The monoisotopic (exact) mass is 357 g/mol. The summed E-state index contributed by atoms with van der Waals surface area (Å²) in [5.41, 5.74) is 0.378. The van der Waals surface area contributed by atoms with E-state index in [0.717, 1.165) is 5.46 Å². The van der Waals surface area contributed by atoms with E-state index in [0.29, 0.717) is 16.4 Å². The molecule has 3 rings (SSSR count). The first-order valence-electron chi connectivity index (χ1n) is 8.17. The van der Waals surface area contributed by atoms with Crippen molar-refractivity contribution in [1.29, 1.82) is 0 Å². The molecule has 0 amide bonds. The second-order valence-corrected chi connectivity index (χ2v) is 8.76. The molecule has 0 aromatic carbocycles. The number of hydrogen-bond acceptors (Lipinski definition) is 3. The van der Waals surface area contributed by atoms with Crippen LogP contribution < -0.4 is 5.46 Å². The van der Waals surface area contributed by atoms with Crippen LogP contribution in [0.15, 0.2) is 6.07 Å². The summed E-state index contributed by atoms with van der Waals surface area (Å²) in [6.07, 6.45) is -0.440. The summed E-state index contributed by atoms with van der Waals surface area (Å²) in [6.45, 7) is 11.5. The third-order valence-corrected chi connectivity index (χ3v) is 5.87. The van der Waals surface area contributed by atoms with Gasteiger partial charge in [-0.25, -0.2) is 8.78 Å². The van der Waals surface area contributed by atoms with Gasteiger partial charge in [0, 0.05) is 29.4 Å². The van der Waals surface area contributed by atoms with Crippen molar-refractivity contribution >= 4 is 24.2 Å². The largest absolute Gasteiger partial charge is 0.496 e. The molecule has 2 aliphatic rings. The van der Waals surface area contributed by atoms with E-state index >= 15 is 0 Å². The second kappa shape index (κ2) is 5.15. The highest BCUT2D eigenvalue weighted by Crippen LogP contribution is 2.53. The molecule has 0 radical (unpaired) electrons. The van der Waals surface area contributed by atoms with Crippen LogP contribution in [-0.4, -0.2) is 29.2 Å². The van der Waals surface area contributed by atoms with E-state index in [4.69, 9.17) is 20.9 Å². The molecule has 1 aliphatic carbocycles. The van der Waals surface area contributed by atoms with Crippen molar-refractivity contribution in [3.8, 4) is 0 Å². The molecule has 3 nitrogen and oxygen atoms in total. The summed E-state index contributed by atoms with van der Waals surface area (Å²) in [6, 6.07) is 1.75. The van der Waals surface area contributed by atoms with Gasteiger partial charge in [0.15, 0.2) is 0 Å². The minimum absolute atomic E-state index is 0.220. The van der Waals surface area contributed by atoms with Gasteiger partial charge in [-0.05, 0) is 40.7 Å². The average Bonchev–Trinajstić information content (AvgIpc) is 2.58. The SMILES string of the molecule is Cc1nc(C2(C)CC(F)(F)C2)c(Cl)cc1B1OC(C)(C)C(C)(C)O1. The third kappa shape index (κ3) is 2.76. The van der Waals surface area contributed by atoms with Crippen LogP contribution in [0.5, 0.6) is 0 Å². The van der Waals surface area contributed by atoms with Crippen molar-refractivity contribution < 1.29 is 18.1 Å². The Morgan fingerprint density at radius 3 is 2.04 bits per heavy atom. The van der Waals surface area contributed by atoms with Crippen LogP contribution in [0.2, 0.25) is 5.02 Å². The van der Waals surface area contributed by atoms with Gasteiger partial charge in [0.25, 0.3) is 0 Å². The van der Waals surface area contributed by atoms with E-state index in [1.165, 1.54) is 0 Å². The number of aromatic nitrogens is 1. The lowest BCUT2D eigenvalue weighted by atomic mass is 9.65. The molecular weight excluding hydrogens is 334 g/mol. The van der Waals surface area contributed by atoms with Crippen LogP contribution in [0.4, 0.5) is 8.78 Å². The molecule has 0 N–H and O–H groups in total. The van der Waals surface area contributed by atoms with Crippen LogP contribution in [0.3, 0.4) is 0 Å². The smallest absolute Gasteiger partial charge is 0.399 e. The summed E-state index contributed by atoms with van der Waals surface area (Å²) in [5.74, 6) is -2.63. The minimum Gasteiger partial charge on any atom is -0.399 e. The topological polar surface area (TPSA) is 31.4 Å². The van der Waals surface area contributed by atoms with Crippen molar-refractivity contribution in [1.82, 2.24) is 4.98 Å². The Labute approximate surface area is 147 Å². The lowest BCUT2D eigenvalue weighted by Crippen LogP contribution is -2.48. The van der Waals surface area contributed by atoms with Crippen molar-refractivity contribution in [3.05, 3.63) is 22.5 Å². The number of aryl methyl sites for hydroxylation is 1. The van der Waals surface area contributed by atoms with Crippen LogP contribution in [0, 0.1) is 6.92 Å². The Hall–Kier alpha value is -0.715. The average molecular weight is 358 g/mol. The Balaban J connectivity index is 1.92. The first-order chi connectivity index (χ1) is 10.8. The quantitative estimate of drug-likeness (QED) is 0.749. The Kier molecular flexibility index (Phi) is 3.88. The molecule has 1 saturated carbocycles. The van der Waals surface area contributed by atoms with Gasteiger partial charge in [-0.15, -0.1) is 0 Å². The van der Waals surface area contributed by atoms with Gasteiger partial charge >= 0.3 is 7.12 Å². The number of rotatable bonds is 2. The maximum Gasteiger partial charge on any atom is 0.496 e. The van der Waals surface area contributed by atoms with Gasteiger partial charge in [0.05, 0.1) is 21.9 Å². The van der Waals surface area contributed by atoms with Gasteiger partial charge < -0.3 is 9.31 Å². The predicted molar refractivity (Wildman–Crippen MR) is 91.2 cm³/mol. The number of hydrogen-bond donors (Lipinski definition) is 0. The molecule has 2 heterocycles. The summed E-state index contributed by atoms with van der Waals surface area (Å²) in [7, 11) is -0.565. The molecule has 1 aliphatic heterocycles. The molecule has 0 spiro atoms. The van der Waals surface area contributed by atoms with Crippen molar-refractivity contribution in [3.63, 3.8) is 0 Å². The second-order valence-electron chi connectivity index (χ2n) is 8.35. The minimum atomic E-state index is -2.63. The highest BCUT2D eigenvalue weighted by molar-refractivity contribution is 6.62. The van der Waals surface area contributed by atoms with Crippen molar-refractivity contribution in [2.24, 2.45) is 0 Å². The van der Waals surface area contributed by atoms with E-state index < -0.39 is 29.7 Å². The fraction of sp³-hybridized carbons (Fsp3) is 0.706. The standard InChI is InChI=1S/C17H23BClF2NO2/c1-10-11(18-23-14(2,3)15(4,5)24-18)7-12(19)13(22-10)16(6)8-17(20,21)9-16/h7H,8-9H2,1-6H3. The molecule has 0 unspecified atom stereocenters. The fourth-order valence-corrected chi connectivity index (χ4v) is 3.87. The Bertz CT molecular complexity index is 669. The predicted octanol–water partition coefficient (Wildman–Crippen LogP) is 4.03. The first kappa shape index (κ1) is 18.1. The highest BCUT2D eigenvalue weighted by Gasteiger charge is 2.56. The van der Waals surface area contributed by atoms with Gasteiger partial charge in [0.1, 0.15) is 0 Å². The van der Waals surface area contributed by atoms with Gasteiger partial charge in [0.2, 0.25) is 5.92 Å². The normalized spacial score (nSPS) is 26.3. The van der Waals surface area contributed by atoms with Crippen LogP contribution in [0.1, 0.15) is 58.8 Å². The molecule has 1 aromatic heterocycles. The summed E-state index contributed by atoms with van der Waals surface area (Å²) >= 11 is 6.39. The van der Waals surface area contributed by atoms with E-state index in [9.17, 15) is 8.78 Å². The zero-order valence-corrected chi connectivity index (χ0v) is 15.7. The fourth-order valence-electron chi connectivity index (χ4n) is 3.48. The maximum absolute atomic E-state index is 13.3. The summed E-state index contributed by atoms with van der Waals surface area (Å²) in [4.78, 5) is 4.55. The molecule has 24 heavy (non-hydrogen) atoms. The van der Waals surface area contributed by atoms with Gasteiger partial charge in [-0.3, -0.25) is 4.98 Å². The number of pyridine rings is 1. The third-order valence-electron chi connectivity index (χ3n) is 5.58. The molecule has 1 aromatic rings.